The molecule has 4 rings (SSSR count). The summed E-state index contributed by atoms with van der Waals surface area (Å²) in [5.41, 5.74) is 8.63. The van der Waals surface area contributed by atoms with Crippen LogP contribution in [0.2, 0.25) is 16.6 Å². The van der Waals surface area contributed by atoms with Crippen LogP contribution in [0.3, 0.4) is 0 Å². The van der Waals surface area contributed by atoms with Crippen LogP contribution in [0, 0.1) is 11.5 Å². The number of aromatic amines is 1. The summed E-state index contributed by atoms with van der Waals surface area (Å²) in [4.78, 5) is 23.9. The number of benzene rings is 3. The molecule has 42 heavy (non-hydrogen) atoms. The highest BCUT2D eigenvalue weighted by atomic mass is 28.3. The number of methoxy groups -OCH3 is 2. The van der Waals surface area contributed by atoms with Gasteiger partial charge in [-0.3, -0.25) is 9.78 Å². The molecule has 7 heteroatoms. The molecule has 0 atom stereocenters. The van der Waals surface area contributed by atoms with Gasteiger partial charge in [-0.1, -0.05) is 77.8 Å². The second kappa shape index (κ2) is 13.3. The maximum absolute atomic E-state index is 13.7. The van der Waals surface area contributed by atoms with Gasteiger partial charge in [0.15, 0.2) is 0 Å². The Balaban J connectivity index is 1.78. The summed E-state index contributed by atoms with van der Waals surface area (Å²) >= 11 is 0. The monoisotopic (exact) mass is 581 g/mol. The Morgan fingerprint density at radius 3 is 1.74 bits per heavy atom. The lowest BCUT2D eigenvalue weighted by molar-refractivity contribution is 0.414. The molecular weight excluding hydrogens is 538 g/mol. The average molecular weight is 582 g/mol. The Bertz CT molecular complexity index is 1540. The van der Waals surface area contributed by atoms with E-state index in [0.29, 0.717) is 46.6 Å². The molecule has 0 fully saturated rings. The standard InChI is InChI=1S/C35H43N3O3Si/c1-24(2)42(25(3)4,26(5)6)21-20-29-10-9-11-32-33(29)34(39)37-35(36-32)38(22-27-12-16-30(40-7)17-13-27)23-28-14-18-31(41-8)19-15-28/h9-19,24-26H,22-23H2,1-8H3,(H,36,37,39). The molecule has 0 radical (unpaired) electrons. The fraction of sp³-hybridized carbons (Fsp3) is 0.371. The molecule has 0 aliphatic carbocycles. The zero-order chi connectivity index (χ0) is 30.4. The van der Waals surface area contributed by atoms with Crippen molar-refractivity contribution in [3.63, 3.8) is 0 Å². The molecule has 1 aromatic heterocycles. The van der Waals surface area contributed by atoms with Gasteiger partial charge in [0.25, 0.3) is 5.56 Å². The number of aromatic nitrogens is 2. The fourth-order valence-corrected chi connectivity index (χ4v) is 11.4. The van der Waals surface area contributed by atoms with Crippen molar-refractivity contribution in [1.29, 1.82) is 0 Å². The molecule has 1 heterocycles. The van der Waals surface area contributed by atoms with Crippen LogP contribution in [0.1, 0.15) is 58.2 Å². The van der Waals surface area contributed by atoms with Crippen LogP contribution in [0.5, 0.6) is 11.5 Å². The summed E-state index contributed by atoms with van der Waals surface area (Å²) in [6.07, 6.45) is 0. The summed E-state index contributed by atoms with van der Waals surface area (Å²) in [5.74, 6) is 5.59. The van der Waals surface area contributed by atoms with Crippen molar-refractivity contribution in [2.75, 3.05) is 19.1 Å². The van der Waals surface area contributed by atoms with Crippen molar-refractivity contribution in [3.8, 4) is 23.0 Å². The van der Waals surface area contributed by atoms with Crippen molar-refractivity contribution in [2.24, 2.45) is 0 Å². The maximum Gasteiger partial charge on any atom is 0.261 e. The van der Waals surface area contributed by atoms with Gasteiger partial charge < -0.3 is 14.4 Å². The van der Waals surface area contributed by atoms with Crippen molar-refractivity contribution < 1.29 is 9.47 Å². The van der Waals surface area contributed by atoms with Gasteiger partial charge in [0.2, 0.25) is 5.95 Å². The summed E-state index contributed by atoms with van der Waals surface area (Å²) in [7, 11) is 1.35. The zero-order valence-corrected chi connectivity index (χ0v) is 27.1. The summed E-state index contributed by atoms with van der Waals surface area (Å²) in [6, 6.07) is 21.7. The van der Waals surface area contributed by atoms with E-state index in [4.69, 9.17) is 14.5 Å². The van der Waals surface area contributed by atoms with Crippen LogP contribution in [-0.4, -0.2) is 32.3 Å². The first kappa shape index (κ1) is 30.9. The molecule has 0 amide bonds. The van der Waals surface area contributed by atoms with E-state index < -0.39 is 8.07 Å². The van der Waals surface area contributed by atoms with Crippen LogP contribution in [-0.2, 0) is 13.1 Å². The predicted molar refractivity (Wildman–Crippen MR) is 176 cm³/mol. The lowest BCUT2D eigenvalue weighted by Gasteiger charge is -2.38. The van der Waals surface area contributed by atoms with Gasteiger partial charge in [-0.25, -0.2) is 4.98 Å². The highest BCUT2D eigenvalue weighted by Gasteiger charge is 2.41. The lowest BCUT2D eigenvalue weighted by atomic mass is 10.1. The number of nitrogens with one attached hydrogen (secondary N) is 1. The second-order valence-electron chi connectivity index (χ2n) is 11.8. The van der Waals surface area contributed by atoms with Gasteiger partial charge in [0, 0.05) is 18.7 Å². The van der Waals surface area contributed by atoms with Crippen molar-refractivity contribution in [2.45, 2.75) is 71.3 Å². The van der Waals surface area contributed by atoms with Crippen LogP contribution < -0.4 is 19.9 Å². The van der Waals surface area contributed by atoms with E-state index >= 15 is 0 Å². The number of nitrogens with zero attached hydrogens (tertiary/aromatic N) is 2. The number of ether oxygens (including phenoxy) is 2. The van der Waals surface area contributed by atoms with Gasteiger partial charge in [0.05, 0.1) is 25.1 Å². The minimum absolute atomic E-state index is 0.180. The largest absolute Gasteiger partial charge is 0.497 e. The van der Waals surface area contributed by atoms with E-state index in [1.54, 1.807) is 14.2 Å². The number of anilines is 1. The van der Waals surface area contributed by atoms with Gasteiger partial charge in [-0.2, -0.15) is 0 Å². The van der Waals surface area contributed by atoms with E-state index in [1.807, 2.05) is 66.7 Å². The number of hydrogen-bond donors (Lipinski definition) is 1. The second-order valence-corrected chi connectivity index (χ2v) is 17.4. The molecule has 0 aliphatic heterocycles. The Labute approximate surface area is 251 Å². The third kappa shape index (κ3) is 6.55. The molecule has 3 aromatic carbocycles. The minimum Gasteiger partial charge on any atom is -0.497 e. The van der Waals surface area contributed by atoms with E-state index in [-0.39, 0.29) is 5.56 Å². The maximum atomic E-state index is 13.7. The molecule has 0 saturated carbocycles. The molecule has 220 valence electrons. The quantitative estimate of drug-likeness (QED) is 0.153. The molecule has 0 spiro atoms. The van der Waals surface area contributed by atoms with E-state index in [0.717, 1.165) is 28.2 Å². The predicted octanol–water partition coefficient (Wildman–Crippen LogP) is 7.72. The minimum atomic E-state index is -1.96. The number of H-pyrrole nitrogens is 1. The molecule has 6 nitrogen and oxygen atoms in total. The first-order valence-corrected chi connectivity index (χ1v) is 16.9. The summed E-state index contributed by atoms with van der Waals surface area (Å²) < 4.78 is 10.7. The van der Waals surface area contributed by atoms with E-state index in [2.05, 4.69) is 62.9 Å². The lowest BCUT2D eigenvalue weighted by Crippen LogP contribution is -2.43. The van der Waals surface area contributed by atoms with Gasteiger partial charge in [-0.05, 0) is 64.1 Å². The molecular formula is C35H43N3O3Si. The number of fused-ring (bicyclic) bond motifs is 1. The Hall–Kier alpha value is -4.02. The molecule has 4 aromatic rings. The first-order chi connectivity index (χ1) is 20.1. The smallest absolute Gasteiger partial charge is 0.261 e. The highest BCUT2D eigenvalue weighted by Crippen LogP contribution is 2.40. The van der Waals surface area contributed by atoms with Gasteiger partial charge >= 0.3 is 0 Å². The average Bonchev–Trinajstić information content (AvgIpc) is 2.97. The number of hydrogen-bond acceptors (Lipinski definition) is 5. The molecule has 0 bridgehead atoms. The number of rotatable bonds is 10. The van der Waals surface area contributed by atoms with Gasteiger partial charge in [-0.15, -0.1) is 5.54 Å². The molecule has 0 unspecified atom stereocenters. The van der Waals surface area contributed by atoms with Crippen LogP contribution in [0.4, 0.5) is 5.95 Å². The highest BCUT2D eigenvalue weighted by molar-refractivity contribution is 6.90. The normalized spacial score (nSPS) is 11.6. The van der Waals surface area contributed by atoms with Crippen molar-refractivity contribution in [3.05, 3.63) is 93.8 Å². The van der Waals surface area contributed by atoms with E-state index in [9.17, 15) is 4.79 Å². The van der Waals surface area contributed by atoms with Crippen LogP contribution >= 0.6 is 0 Å². The summed E-state index contributed by atoms with van der Waals surface area (Å²) in [5, 5.41) is 0.543. The first-order valence-electron chi connectivity index (χ1n) is 14.7. The van der Waals surface area contributed by atoms with Gasteiger partial charge in [0.1, 0.15) is 19.6 Å². The summed E-state index contributed by atoms with van der Waals surface area (Å²) in [6.45, 7) is 14.9. The third-order valence-electron chi connectivity index (χ3n) is 8.37. The molecule has 0 aliphatic rings. The zero-order valence-electron chi connectivity index (χ0n) is 26.1. The van der Waals surface area contributed by atoms with Crippen LogP contribution in [0.15, 0.2) is 71.5 Å². The Morgan fingerprint density at radius 2 is 1.29 bits per heavy atom. The molecule has 1 N–H and O–H groups in total. The van der Waals surface area contributed by atoms with E-state index in [1.165, 1.54) is 0 Å². The Morgan fingerprint density at radius 1 is 0.786 bits per heavy atom. The van der Waals surface area contributed by atoms with Crippen LogP contribution in [0.25, 0.3) is 10.9 Å². The Kier molecular flexibility index (Phi) is 9.80. The fourth-order valence-electron chi connectivity index (χ4n) is 6.15. The molecule has 0 saturated heterocycles. The third-order valence-corrected chi connectivity index (χ3v) is 14.7. The van der Waals surface area contributed by atoms with Crippen molar-refractivity contribution in [1.82, 2.24) is 9.97 Å². The topological polar surface area (TPSA) is 67.5 Å². The SMILES string of the molecule is COc1ccc(CN(Cc2ccc(OC)cc2)c2nc3cccc(C#C[Si](C(C)C)(C(C)C)C(C)C)c3c(=O)[nH]2)cc1. The van der Waals surface area contributed by atoms with Crippen molar-refractivity contribution >= 4 is 24.9 Å².